The molecule has 1 N–H and O–H groups in total. The van der Waals surface area contributed by atoms with Crippen LogP contribution in [0.15, 0.2) is 77.6 Å². The lowest BCUT2D eigenvalue weighted by atomic mass is 10.2. The third kappa shape index (κ3) is 3.37. The van der Waals surface area contributed by atoms with Crippen molar-refractivity contribution in [2.24, 2.45) is 0 Å². The number of phenols is 1. The van der Waals surface area contributed by atoms with Gasteiger partial charge in [-0.25, -0.2) is 4.98 Å². The molecule has 0 aliphatic rings. The average molecular weight is 354 g/mol. The minimum absolute atomic E-state index is 0.100. The maximum atomic E-state index is 13.2. The van der Waals surface area contributed by atoms with Gasteiger partial charge in [0.15, 0.2) is 0 Å². The van der Waals surface area contributed by atoms with Crippen LogP contribution >= 0.6 is 0 Å². The maximum Gasteiger partial charge on any atom is 0.266 e. The summed E-state index contributed by atoms with van der Waals surface area (Å²) in [6.07, 6.45) is 3.70. The van der Waals surface area contributed by atoms with Gasteiger partial charge in [0.2, 0.25) is 0 Å². The summed E-state index contributed by atoms with van der Waals surface area (Å²) in [4.78, 5) is 17.9. The number of hydrogen-bond acceptors (Lipinski definition) is 3. The Bertz CT molecular complexity index is 1210. The quantitative estimate of drug-likeness (QED) is 0.586. The minimum atomic E-state index is -0.100. The maximum absolute atomic E-state index is 13.2. The lowest BCUT2D eigenvalue weighted by Crippen LogP contribution is -2.22. The first-order valence-electron chi connectivity index (χ1n) is 8.68. The molecule has 0 saturated carbocycles. The van der Waals surface area contributed by atoms with E-state index in [2.05, 4.69) is 0 Å². The van der Waals surface area contributed by atoms with Crippen LogP contribution in [0.4, 0.5) is 0 Å². The van der Waals surface area contributed by atoms with Crippen molar-refractivity contribution in [2.45, 2.75) is 6.92 Å². The molecule has 0 spiro atoms. The number of aromatic hydroxyl groups is 1. The van der Waals surface area contributed by atoms with Crippen molar-refractivity contribution in [3.05, 3.63) is 100 Å². The molecule has 0 atom stereocenters. The van der Waals surface area contributed by atoms with Crippen LogP contribution in [0.2, 0.25) is 0 Å². The smallest absolute Gasteiger partial charge is 0.266 e. The van der Waals surface area contributed by atoms with Crippen molar-refractivity contribution >= 4 is 23.1 Å². The van der Waals surface area contributed by atoms with Crippen LogP contribution in [0.3, 0.4) is 0 Å². The Balaban J connectivity index is 1.93. The molecule has 0 amide bonds. The van der Waals surface area contributed by atoms with Gasteiger partial charge in [0.1, 0.15) is 11.6 Å². The van der Waals surface area contributed by atoms with E-state index in [1.54, 1.807) is 22.8 Å². The highest BCUT2D eigenvalue weighted by molar-refractivity contribution is 5.80. The van der Waals surface area contributed by atoms with Crippen LogP contribution in [-0.2, 0) is 0 Å². The van der Waals surface area contributed by atoms with Crippen molar-refractivity contribution < 1.29 is 5.11 Å². The third-order valence-electron chi connectivity index (χ3n) is 4.38. The fraction of sp³-hybridized carbons (Fsp3) is 0.0435. The van der Waals surface area contributed by atoms with Crippen LogP contribution in [-0.4, -0.2) is 14.7 Å². The molecule has 4 aromatic rings. The van der Waals surface area contributed by atoms with Crippen molar-refractivity contribution in [3.63, 3.8) is 0 Å². The molecule has 0 bridgehead atoms. The third-order valence-corrected chi connectivity index (χ3v) is 4.38. The molecule has 132 valence electrons. The summed E-state index contributed by atoms with van der Waals surface area (Å²) in [7, 11) is 0. The Hall–Kier alpha value is -3.66. The van der Waals surface area contributed by atoms with E-state index in [9.17, 15) is 9.90 Å². The molecular formula is C23H18N2O2. The van der Waals surface area contributed by atoms with Gasteiger partial charge in [-0.3, -0.25) is 9.36 Å². The van der Waals surface area contributed by atoms with Gasteiger partial charge < -0.3 is 5.11 Å². The molecule has 0 aliphatic carbocycles. The first-order valence-corrected chi connectivity index (χ1v) is 8.68. The molecule has 27 heavy (non-hydrogen) atoms. The van der Waals surface area contributed by atoms with Gasteiger partial charge >= 0.3 is 0 Å². The molecule has 4 nitrogen and oxygen atoms in total. The van der Waals surface area contributed by atoms with E-state index in [-0.39, 0.29) is 11.3 Å². The predicted molar refractivity (Wildman–Crippen MR) is 109 cm³/mol. The fourth-order valence-corrected chi connectivity index (χ4v) is 3.03. The van der Waals surface area contributed by atoms with E-state index in [1.165, 1.54) is 0 Å². The first-order chi connectivity index (χ1) is 13.1. The number of fused-ring (bicyclic) bond motifs is 1. The zero-order valence-corrected chi connectivity index (χ0v) is 14.8. The van der Waals surface area contributed by atoms with E-state index < -0.39 is 0 Å². The molecule has 0 fully saturated rings. The zero-order chi connectivity index (χ0) is 18.8. The van der Waals surface area contributed by atoms with Crippen LogP contribution in [0, 0.1) is 6.92 Å². The molecular weight excluding hydrogens is 336 g/mol. The Morgan fingerprint density at radius 3 is 2.48 bits per heavy atom. The number of aromatic nitrogens is 2. The number of rotatable bonds is 3. The molecule has 3 aromatic carbocycles. The normalized spacial score (nSPS) is 11.3. The molecule has 4 heteroatoms. The first kappa shape index (κ1) is 16.8. The molecule has 1 heterocycles. The number of phenolic OH excluding ortho intramolecular Hbond substituents is 1. The standard InChI is InChI=1S/C23H18N2O2/c1-16-5-4-6-18(15-16)25-22(14-11-17-9-12-19(26)13-10-17)24-21-8-3-2-7-20(21)23(25)27/h2-15,26H,1H3/b14-11+. The SMILES string of the molecule is Cc1cccc(-n2c(/C=C/c3ccc(O)cc3)nc3ccccc3c2=O)c1. The summed E-state index contributed by atoms with van der Waals surface area (Å²) < 4.78 is 1.63. The molecule has 0 saturated heterocycles. The minimum Gasteiger partial charge on any atom is -0.508 e. The van der Waals surface area contributed by atoms with Gasteiger partial charge in [0.25, 0.3) is 5.56 Å². The van der Waals surface area contributed by atoms with Crippen LogP contribution in [0.5, 0.6) is 5.75 Å². The number of benzene rings is 3. The topological polar surface area (TPSA) is 55.1 Å². The second-order valence-corrected chi connectivity index (χ2v) is 6.39. The summed E-state index contributed by atoms with van der Waals surface area (Å²) in [5, 5.41) is 10.0. The van der Waals surface area contributed by atoms with E-state index in [4.69, 9.17) is 4.98 Å². The van der Waals surface area contributed by atoms with Gasteiger partial charge in [0.05, 0.1) is 16.6 Å². The summed E-state index contributed by atoms with van der Waals surface area (Å²) in [5.74, 6) is 0.769. The number of nitrogens with zero attached hydrogens (tertiary/aromatic N) is 2. The Morgan fingerprint density at radius 2 is 1.70 bits per heavy atom. The number of para-hydroxylation sites is 1. The summed E-state index contributed by atoms with van der Waals surface area (Å²) in [6, 6.07) is 22.0. The lowest BCUT2D eigenvalue weighted by molar-refractivity contribution is 0.475. The van der Waals surface area contributed by atoms with Gasteiger partial charge in [-0.15, -0.1) is 0 Å². The Morgan fingerprint density at radius 1 is 0.926 bits per heavy atom. The van der Waals surface area contributed by atoms with E-state index in [0.717, 1.165) is 16.8 Å². The van der Waals surface area contributed by atoms with E-state index in [0.29, 0.717) is 16.7 Å². The molecule has 0 unspecified atom stereocenters. The number of aryl methyl sites for hydroxylation is 1. The van der Waals surface area contributed by atoms with Crippen LogP contribution < -0.4 is 5.56 Å². The van der Waals surface area contributed by atoms with Crippen molar-refractivity contribution in [3.8, 4) is 11.4 Å². The van der Waals surface area contributed by atoms with E-state index >= 15 is 0 Å². The molecule has 0 radical (unpaired) electrons. The van der Waals surface area contributed by atoms with Gasteiger partial charge in [0, 0.05) is 0 Å². The summed E-state index contributed by atoms with van der Waals surface area (Å²) in [5.41, 5.74) is 3.32. The molecule has 0 aliphatic heterocycles. The summed E-state index contributed by atoms with van der Waals surface area (Å²) >= 11 is 0. The fourth-order valence-electron chi connectivity index (χ4n) is 3.03. The lowest BCUT2D eigenvalue weighted by Gasteiger charge is -2.12. The van der Waals surface area contributed by atoms with Crippen LogP contribution in [0.25, 0.3) is 28.7 Å². The second kappa shape index (κ2) is 6.92. The average Bonchev–Trinajstić information content (AvgIpc) is 2.68. The monoisotopic (exact) mass is 354 g/mol. The highest BCUT2D eigenvalue weighted by Gasteiger charge is 2.11. The van der Waals surface area contributed by atoms with Gasteiger partial charge in [-0.05, 0) is 60.5 Å². The Kier molecular flexibility index (Phi) is 4.30. The molecule has 1 aromatic heterocycles. The summed E-state index contributed by atoms with van der Waals surface area (Å²) in [6.45, 7) is 2.00. The van der Waals surface area contributed by atoms with Gasteiger partial charge in [-0.1, -0.05) is 42.5 Å². The van der Waals surface area contributed by atoms with Crippen molar-refractivity contribution in [1.29, 1.82) is 0 Å². The highest BCUT2D eigenvalue weighted by Crippen LogP contribution is 2.17. The second-order valence-electron chi connectivity index (χ2n) is 6.39. The van der Waals surface area contributed by atoms with Crippen molar-refractivity contribution in [2.75, 3.05) is 0 Å². The highest BCUT2D eigenvalue weighted by atomic mass is 16.3. The van der Waals surface area contributed by atoms with E-state index in [1.807, 2.05) is 73.7 Å². The van der Waals surface area contributed by atoms with Crippen molar-refractivity contribution in [1.82, 2.24) is 9.55 Å². The Labute approximate surface area is 156 Å². The zero-order valence-electron chi connectivity index (χ0n) is 14.8. The number of hydrogen-bond donors (Lipinski definition) is 1. The molecule has 4 rings (SSSR count). The predicted octanol–water partition coefficient (Wildman–Crippen LogP) is 4.57. The van der Waals surface area contributed by atoms with Crippen LogP contribution in [0.1, 0.15) is 17.0 Å². The largest absolute Gasteiger partial charge is 0.508 e. The van der Waals surface area contributed by atoms with Gasteiger partial charge in [-0.2, -0.15) is 0 Å².